The van der Waals surface area contributed by atoms with Gasteiger partial charge in [0.25, 0.3) is 0 Å². The van der Waals surface area contributed by atoms with E-state index in [0.717, 1.165) is 25.4 Å². The standard InChI is InChI=1S/C14H27O2P/c1-5-14(9-7-8-10-14)16-13(15)12(11(3)4)17-6-2/h11-12,17H,5-10H2,1-4H3. The van der Waals surface area contributed by atoms with Crippen LogP contribution in [0.1, 0.15) is 59.8 Å². The van der Waals surface area contributed by atoms with Crippen molar-refractivity contribution >= 4 is 14.6 Å². The molecule has 1 saturated carbocycles. The lowest BCUT2D eigenvalue weighted by molar-refractivity contribution is -0.159. The van der Waals surface area contributed by atoms with E-state index in [0.29, 0.717) is 14.5 Å². The zero-order valence-electron chi connectivity index (χ0n) is 11.7. The maximum Gasteiger partial charge on any atom is 0.313 e. The second kappa shape index (κ2) is 6.73. The van der Waals surface area contributed by atoms with Crippen molar-refractivity contribution < 1.29 is 9.53 Å². The fraction of sp³-hybridized carbons (Fsp3) is 0.929. The molecule has 1 fully saturated rings. The second-order valence-electron chi connectivity index (χ2n) is 5.44. The van der Waals surface area contributed by atoms with Crippen LogP contribution in [0.2, 0.25) is 0 Å². The van der Waals surface area contributed by atoms with Crippen molar-refractivity contribution in [2.24, 2.45) is 5.92 Å². The van der Waals surface area contributed by atoms with Crippen LogP contribution in [0.15, 0.2) is 0 Å². The van der Waals surface area contributed by atoms with Gasteiger partial charge in [-0.2, -0.15) is 0 Å². The third kappa shape index (κ3) is 3.95. The Morgan fingerprint density at radius 2 is 1.88 bits per heavy atom. The lowest BCUT2D eigenvalue weighted by Crippen LogP contribution is -2.36. The number of hydrogen-bond donors (Lipinski definition) is 0. The monoisotopic (exact) mass is 258 g/mol. The van der Waals surface area contributed by atoms with E-state index in [-0.39, 0.29) is 17.2 Å². The third-order valence-electron chi connectivity index (χ3n) is 3.82. The molecule has 0 radical (unpaired) electrons. The topological polar surface area (TPSA) is 26.3 Å². The molecule has 0 amide bonds. The van der Waals surface area contributed by atoms with E-state index in [4.69, 9.17) is 4.74 Å². The van der Waals surface area contributed by atoms with Crippen molar-refractivity contribution in [3.8, 4) is 0 Å². The van der Waals surface area contributed by atoms with Crippen molar-refractivity contribution in [3.63, 3.8) is 0 Å². The zero-order chi connectivity index (χ0) is 12.9. The van der Waals surface area contributed by atoms with E-state index >= 15 is 0 Å². The predicted molar refractivity (Wildman–Crippen MR) is 75.1 cm³/mol. The Bertz CT molecular complexity index is 245. The Morgan fingerprint density at radius 3 is 2.29 bits per heavy atom. The molecule has 0 heterocycles. The van der Waals surface area contributed by atoms with Gasteiger partial charge >= 0.3 is 5.97 Å². The summed E-state index contributed by atoms with van der Waals surface area (Å²) in [6, 6.07) is 0. The van der Waals surface area contributed by atoms with Gasteiger partial charge in [-0.25, -0.2) is 0 Å². The summed E-state index contributed by atoms with van der Waals surface area (Å²) in [6.45, 7) is 8.54. The van der Waals surface area contributed by atoms with Gasteiger partial charge in [0.15, 0.2) is 0 Å². The fourth-order valence-corrected chi connectivity index (χ4v) is 3.77. The second-order valence-corrected chi connectivity index (χ2v) is 7.18. The van der Waals surface area contributed by atoms with E-state index in [1.54, 1.807) is 0 Å². The third-order valence-corrected chi connectivity index (χ3v) is 5.57. The summed E-state index contributed by atoms with van der Waals surface area (Å²) < 4.78 is 5.89. The molecule has 0 aromatic rings. The number of rotatable bonds is 6. The van der Waals surface area contributed by atoms with Crippen LogP contribution in [0.25, 0.3) is 0 Å². The molecule has 1 rings (SSSR count). The normalized spacial score (nSPS) is 21.2. The van der Waals surface area contributed by atoms with Gasteiger partial charge in [0.1, 0.15) is 5.60 Å². The van der Waals surface area contributed by atoms with Crippen molar-refractivity contribution in [2.75, 3.05) is 6.16 Å². The Kier molecular flexibility index (Phi) is 5.92. The highest BCUT2D eigenvalue weighted by molar-refractivity contribution is 7.40. The van der Waals surface area contributed by atoms with Crippen LogP contribution in [0.3, 0.4) is 0 Å². The van der Waals surface area contributed by atoms with Crippen LogP contribution < -0.4 is 0 Å². The minimum atomic E-state index is -0.123. The summed E-state index contributed by atoms with van der Waals surface area (Å²) in [4.78, 5) is 12.3. The SMILES string of the molecule is CCPC(C(=O)OC1(CC)CCCC1)C(C)C. The first-order chi connectivity index (χ1) is 8.04. The summed E-state index contributed by atoms with van der Waals surface area (Å²) >= 11 is 0. The first-order valence-corrected chi connectivity index (χ1v) is 8.29. The highest BCUT2D eigenvalue weighted by atomic mass is 31.1. The van der Waals surface area contributed by atoms with Crippen molar-refractivity contribution in [3.05, 3.63) is 0 Å². The number of ether oxygens (including phenoxy) is 1. The molecule has 0 aliphatic heterocycles. The van der Waals surface area contributed by atoms with E-state index in [1.807, 2.05) is 0 Å². The summed E-state index contributed by atoms with van der Waals surface area (Å²) in [7, 11) is 0.703. The van der Waals surface area contributed by atoms with Crippen LogP contribution in [0, 0.1) is 5.92 Å². The summed E-state index contributed by atoms with van der Waals surface area (Å²) in [5.74, 6) is 0.458. The van der Waals surface area contributed by atoms with E-state index < -0.39 is 0 Å². The largest absolute Gasteiger partial charge is 0.459 e. The van der Waals surface area contributed by atoms with Crippen LogP contribution in [-0.4, -0.2) is 23.4 Å². The molecule has 1 aliphatic carbocycles. The molecule has 100 valence electrons. The molecule has 0 aromatic carbocycles. The molecule has 0 spiro atoms. The van der Waals surface area contributed by atoms with Gasteiger partial charge in [0, 0.05) is 0 Å². The van der Waals surface area contributed by atoms with Gasteiger partial charge in [0.2, 0.25) is 0 Å². The highest BCUT2D eigenvalue weighted by Crippen LogP contribution is 2.38. The Balaban J connectivity index is 2.61. The molecule has 2 atom stereocenters. The molecule has 2 unspecified atom stereocenters. The average molecular weight is 258 g/mol. The molecule has 0 N–H and O–H groups in total. The Morgan fingerprint density at radius 1 is 1.29 bits per heavy atom. The molecule has 0 aromatic heterocycles. The molecular formula is C14H27O2P. The van der Waals surface area contributed by atoms with Gasteiger partial charge < -0.3 is 4.74 Å². The smallest absolute Gasteiger partial charge is 0.313 e. The lowest BCUT2D eigenvalue weighted by atomic mass is 9.98. The van der Waals surface area contributed by atoms with Gasteiger partial charge in [-0.3, -0.25) is 4.79 Å². The maximum absolute atomic E-state index is 12.3. The van der Waals surface area contributed by atoms with Crippen LogP contribution in [-0.2, 0) is 9.53 Å². The van der Waals surface area contributed by atoms with Crippen molar-refractivity contribution in [1.82, 2.24) is 0 Å². The van der Waals surface area contributed by atoms with Crippen molar-refractivity contribution in [2.45, 2.75) is 71.1 Å². The zero-order valence-corrected chi connectivity index (χ0v) is 12.7. The van der Waals surface area contributed by atoms with Crippen LogP contribution in [0.4, 0.5) is 0 Å². The number of carbonyl (C=O) groups is 1. The quantitative estimate of drug-likeness (QED) is 0.532. The first-order valence-electron chi connectivity index (χ1n) is 7.01. The molecule has 1 aliphatic rings. The maximum atomic E-state index is 12.3. The minimum absolute atomic E-state index is 0.0592. The molecular weight excluding hydrogens is 231 g/mol. The molecule has 0 bridgehead atoms. The summed E-state index contributed by atoms with van der Waals surface area (Å²) in [6.07, 6.45) is 6.60. The lowest BCUT2D eigenvalue weighted by Gasteiger charge is -2.31. The molecule has 3 heteroatoms. The van der Waals surface area contributed by atoms with Crippen LogP contribution in [0.5, 0.6) is 0 Å². The first kappa shape index (κ1) is 15.0. The number of hydrogen-bond acceptors (Lipinski definition) is 2. The van der Waals surface area contributed by atoms with Gasteiger partial charge in [-0.05, 0) is 44.2 Å². The summed E-state index contributed by atoms with van der Waals surface area (Å²) in [5.41, 5.74) is -0.00774. The van der Waals surface area contributed by atoms with Crippen molar-refractivity contribution in [1.29, 1.82) is 0 Å². The summed E-state index contributed by atoms with van der Waals surface area (Å²) in [5, 5.41) is 0. The average Bonchev–Trinajstić information content (AvgIpc) is 2.74. The van der Waals surface area contributed by atoms with Crippen LogP contribution >= 0.6 is 8.58 Å². The van der Waals surface area contributed by atoms with Gasteiger partial charge in [-0.15, -0.1) is 8.58 Å². The van der Waals surface area contributed by atoms with E-state index in [9.17, 15) is 4.79 Å². The number of carbonyl (C=O) groups excluding carboxylic acids is 1. The molecule has 0 saturated heterocycles. The Hall–Kier alpha value is -0.100. The minimum Gasteiger partial charge on any atom is -0.459 e. The van der Waals surface area contributed by atoms with Gasteiger partial charge in [0.05, 0.1) is 5.66 Å². The number of esters is 1. The molecule has 2 nitrogen and oxygen atoms in total. The van der Waals surface area contributed by atoms with E-state index in [1.165, 1.54) is 12.8 Å². The molecule has 17 heavy (non-hydrogen) atoms. The highest BCUT2D eigenvalue weighted by Gasteiger charge is 2.38. The van der Waals surface area contributed by atoms with E-state index in [2.05, 4.69) is 27.7 Å². The Labute approximate surface area is 108 Å². The predicted octanol–water partition coefficient (Wildman–Crippen LogP) is 3.98. The van der Waals surface area contributed by atoms with Gasteiger partial charge in [-0.1, -0.05) is 27.7 Å². The fourth-order valence-electron chi connectivity index (χ4n) is 2.64.